The molecule has 0 spiro atoms. The second kappa shape index (κ2) is 6.98. The summed E-state index contributed by atoms with van der Waals surface area (Å²) in [5.41, 5.74) is 0. The van der Waals surface area contributed by atoms with Crippen LogP contribution in [0.25, 0.3) is 0 Å². The molecule has 0 heterocycles. The summed E-state index contributed by atoms with van der Waals surface area (Å²) < 4.78 is 27.6. The third-order valence-corrected chi connectivity index (χ3v) is 5.27. The summed E-state index contributed by atoms with van der Waals surface area (Å²) in [4.78, 5) is 0.486. The standard InChI is InChI=1S/C9H9Br3O3S/c10-4-6(11)5-15-9-2-1-7(16(13)14)3-8(9)12/h1-3,6,16H,4-5H2. The second-order valence-corrected chi connectivity index (χ2v) is 6.76. The molecule has 0 N–H and O–H groups in total. The van der Waals surface area contributed by atoms with E-state index in [1.54, 1.807) is 6.07 Å². The Balaban J connectivity index is 2.75. The van der Waals surface area contributed by atoms with Crippen LogP contribution in [0.15, 0.2) is 27.6 Å². The van der Waals surface area contributed by atoms with Crippen molar-refractivity contribution in [1.82, 2.24) is 0 Å². The highest BCUT2D eigenvalue weighted by molar-refractivity contribution is 9.12. The van der Waals surface area contributed by atoms with E-state index in [0.29, 0.717) is 16.8 Å². The smallest absolute Gasteiger partial charge is 0.168 e. The maximum absolute atomic E-state index is 10.7. The molecule has 0 saturated heterocycles. The third-order valence-electron chi connectivity index (χ3n) is 1.71. The number of halogens is 3. The van der Waals surface area contributed by atoms with Crippen molar-refractivity contribution in [2.45, 2.75) is 9.72 Å². The van der Waals surface area contributed by atoms with Crippen molar-refractivity contribution in [3.8, 4) is 5.75 Å². The van der Waals surface area contributed by atoms with Crippen LogP contribution in [0.5, 0.6) is 5.75 Å². The summed E-state index contributed by atoms with van der Waals surface area (Å²) in [6, 6.07) is 4.68. The molecular weight excluding hydrogens is 428 g/mol. The van der Waals surface area contributed by atoms with E-state index in [-0.39, 0.29) is 9.72 Å². The van der Waals surface area contributed by atoms with Crippen LogP contribution in [0.4, 0.5) is 0 Å². The van der Waals surface area contributed by atoms with E-state index in [4.69, 9.17) is 4.74 Å². The topological polar surface area (TPSA) is 43.4 Å². The van der Waals surface area contributed by atoms with E-state index >= 15 is 0 Å². The van der Waals surface area contributed by atoms with Gasteiger partial charge in [-0.3, -0.25) is 0 Å². The van der Waals surface area contributed by atoms with Crippen molar-refractivity contribution in [1.29, 1.82) is 0 Å². The van der Waals surface area contributed by atoms with Crippen molar-refractivity contribution in [3.63, 3.8) is 0 Å². The Morgan fingerprint density at radius 3 is 2.56 bits per heavy atom. The molecule has 0 aromatic heterocycles. The number of alkyl halides is 2. The van der Waals surface area contributed by atoms with Gasteiger partial charge in [0.15, 0.2) is 10.7 Å². The first-order chi connectivity index (χ1) is 7.54. The van der Waals surface area contributed by atoms with Crippen LogP contribution in [0.2, 0.25) is 0 Å². The largest absolute Gasteiger partial charge is 0.491 e. The van der Waals surface area contributed by atoms with Gasteiger partial charge in [-0.05, 0) is 34.1 Å². The molecule has 0 radical (unpaired) electrons. The van der Waals surface area contributed by atoms with Crippen molar-refractivity contribution in [2.75, 3.05) is 11.9 Å². The monoisotopic (exact) mass is 434 g/mol. The molecule has 0 amide bonds. The number of hydrogen-bond donors (Lipinski definition) is 1. The molecule has 16 heavy (non-hydrogen) atoms. The van der Waals surface area contributed by atoms with Crippen LogP contribution in [-0.2, 0) is 10.7 Å². The van der Waals surface area contributed by atoms with Gasteiger partial charge in [-0.25, -0.2) is 8.42 Å². The molecule has 7 heteroatoms. The quantitative estimate of drug-likeness (QED) is 0.570. The molecule has 1 aromatic carbocycles. The fourth-order valence-electron chi connectivity index (χ4n) is 0.945. The number of hydrogen-bond acceptors (Lipinski definition) is 3. The maximum Gasteiger partial charge on any atom is 0.168 e. The third kappa shape index (κ3) is 4.35. The van der Waals surface area contributed by atoms with Crippen LogP contribution in [-0.4, -0.2) is 25.2 Å². The van der Waals surface area contributed by atoms with E-state index in [0.717, 1.165) is 5.33 Å². The first-order valence-electron chi connectivity index (χ1n) is 4.31. The summed E-state index contributed by atoms with van der Waals surface area (Å²) >= 11 is 10.00. The Bertz CT molecular complexity index is 426. The zero-order chi connectivity index (χ0) is 12.1. The predicted octanol–water partition coefficient (Wildman–Crippen LogP) is 2.96. The van der Waals surface area contributed by atoms with E-state index in [1.165, 1.54) is 12.1 Å². The average molecular weight is 437 g/mol. The Morgan fingerprint density at radius 1 is 1.38 bits per heavy atom. The van der Waals surface area contributed by atoms with Crippen LogP contribution in [0, 0.1) is 0 Å². The van der Waals surface area contributed by atoms with Crippen molar-refractivity contribution >= 4 is 58.5 Å². The Hall–Kier alpha value is 0.410. The Labute approximate surface area is 121 Å². The van der Waals surface area contributed by atoms with Gasteiger partial charge >= 0.3 is 0 Å². The molecule has 0 bridgehead atoms. The Kier molecular flexibility index (Phi) is 6.31. The molecule has 1 unspecified atom stereocenters. The zero-order valence-electron chi connectivity index (χ0n) is 8.03. The lowest BCUT2D eigenvalue weighted by molar-refractivity contribution is 0.323. The summed E-state index contributed by atoms with van der Waals surface area (Å²) in [5.74, 6) is 0.631. The van der Waals surface area contributed by atoms with Gasteiger partial charge in [-0.1, -0.05) is 31.9 Å². The first kappa shape index (κ1) is 14.5. The van der Waals surface area contributed by atoms with Crippen LogP contribution >= 0.6 is 47.8 Å². The van der Waals surface area contributed by atoms with E-state index in [1.807, 2.05) is 0 Å². The highest BCUT2D eigenvalue weighted by atomic mass is 79.9. The highest BCUT2D eigenvalue weighted by Crippen LogP contribution is 2.27. The number of benzene rings is 1. The lowest BCUT2D eigenvalue weighted by atomic mass is 10.3. The van der Waals surface area contributed by atoms with Gasteiger partial charge in [0.05, 0.1) is 14.2 Å². The minimum atomic E-state index is -2.55. The number of ether oxygens (including phenoxy) is 1. The molecule has 90 valence electrons. The zero-order valence-corrected chi connectivity index (χ0v) is 13.7. The summed E-state index contributed by atoms with van der Waals surface area (Å²) in [5, 5.41) is 0.787. The minimum Gasteiger partial charge on any atom is -0.491 e. The van der Waals surface area contributed by atoms with Gasteiger partial charge in [0.2, 0.25) is 0 Å². The Morgan fingerprint density at radius 2 is 2.06 bits per heavy atom. The van der Waals surface area contributed by atoms with Crippen LogP contribution in [0.3, 0.4) is 0 Å². The molecule has 1 rings (SSSR count). The second-order valence-electron chi connectivity index (χ2n) is 2.93. The van der Waals surface area contributed by atoms with E-state index in [2.05, 4.69) is 47.8 Å². The molecule has 3 nitrogen and oxygen atoms in total. The predicted molar refractivity (Wildman–Crippen MR) is 74.7 cm³/mol. The fourth-order valence-corrected chi connectivity index (χ4v) is 2.37. The van der Waals surface area contributed by atoms with Gasteiger partial charge in [0.25, 0.3) is 0 Å². The van der Waals surface area contributed by atoms with Crippen molar-refractivity contribution < 1.29 is 13.2 Å². The van der Waals surface area contributed by atoms with E-state index in [9.17, 15) is 8.42 Å². The fraction of sp³-hybridized carbons (Fsp3) is 0.333. The summed E-state index contributed by atoms with van der Waals surface area (Å²) in [7, 11) is -2.55. The van der Waals surface area contributed by atoms with Gasteiger partial charge in [0, 0.05) is 5.33 Å². The normalized spacial score (nSPS) is 12.8. The SMILES string of the molecule is O=[SH](=O)c1ccc(OCC(Br)CBr)c(Br)c1. The van der Waals surface area contributed by atoms with Gasteiger partial charge < -0.3 is 4.74 Å². The van der Waals surface area contributed by atoms with Crippen molar-refractivity contribution in [3.05, 3.63) is 22.7 Å². The molecule has 1 aromatic rings. The van der Waals surface area contributed by atoms with Crippen LogP contribution < -0.4 is 4.74 Å². The maximum atomic E-state index is 10.7. The molecule has 0 aliphatic rings. The molecule has 0 aliphatic carbocycles. The molecule has 0 fully saturated rings. The summed E-state index contributed by atoms with van der Waals surface area (Å²) in [6.07, 6.45) is 0. The molecule has 1 atom stereocenters. The minimum absolute atomic E-state index is 0.218. The summed E-state index contributed by atoms with van der Waals surface area (Å²) in [6.45, 7) is 0.507. The lowest BCUT2D eigenvalue weighted by Gasteiger charge is -2.10. The van der Waals surface area contributed by atoms with Gasteiger partial charge in [-0.15, -0.1) is 0 Å². The van der Waals surface area contributed by atoms with Crippen molar-refractivity contribution in [2.24, 2.45) is 0 Å². The lowest BCUT2D eigenvalue weighted by Crippen LogP contribution is -2.12. The van der Waals surface area contributed by atoms with Gasteiger partial charge in [0.1, 0.15) is 12.4 Å². The van der Waals surface area contributed by atoms with Gasteiger partial charge in [-0.2, -0.15) is 0 Å². The molecular formula is C9H9Br3O3S. The van der Waals surface area contributed by atoms with Crippen LogP contribution in [0.1, 0.15) is 0 Å². The molecule has 0 saturated carbocycles. The first-order valence-corrected chi connectivity index (χ1v) is 8.32. The number of rotatable bonds is 5. The highest BCUT2D eigenvalue weighted by Gasteiger charge is 2.07. The average Bonchev–Trinajstić information content (AvgIpc) is 2.26. The van der Waals surface area contributed by atoms with E-state index < -0.39 is 10.7 Å². The molecule has 0 aliphatic heterocycles. The number of thiol groups is 1.